The molecular weight excluding hydrogens is 379 g/mol. The number of aromatic nitrogens is 1. The Labute approximate surface area is 167 Å². The van der Waals surface area contributed by atoms with Crippen LogP contribution in [0.25, 0.3) is 10.6 Å². The van der Waals surface area contributed by atoms with Gasteiger partial charge in [-0.15, -0.1) is 11.3 Å². The van der Waals surface area contributed by atoms with Crippen molar-refractivity contribution in [1.82, 2.24) is 10.3 Å². The van der Waals surface area contributed by atoms with Gasteiger partial charge in [-0.05, 0) is 43.3 Å². The van der Waals surface area contributed by atoms with E-state index in [-0.39, 0.29) is 11.7 Å². The first-order valence-electron chi connectivity index (χ1n) is 8.84. The van der Waals surface area contributed by atoms with E-state index < -0.39 is 11.9 Å². The molecule has 3 aromatic rings. The Hall–Kier alpha value is -2.93. The van der Waals surface area contributed by atoms with E-state index in [2.05, 4.69) is 10.3 Å². The molecule has 1 amide bonds. The zero-order chi connectivity index (χ0) is 19.9. The van der Waals surface area contributed by atoms with Gasteiger partial charge in [-0.1, -0.05) is 12.1 Å². The number of ether oxygens (including phenoxy) is 2. The normalized spacial score (nSPS) is 11.7. The van der Waals surface area contributed by atoms with Crippen molar-refractivity contribution in [2.75, 3.05) is 13.7 Å². The maximum absolute atomic E-state index is 13.6. The van der Waals surface area contributed by atoms with Gasteiger partial charge in [0, 0.05) is 23.9 Å². The molecule has 0 unspecified atom stereocenters. The Morgan fingerprint density at radius 3 is 2.68 bits per heavy atom. The van der Waals surface area contributed by atoms with Crippen molar-refractivity contribution >= 4 is 17.2 Å². The van der Waals surface area contributed by atoms with Crippen LogP contribution in [-0.4, -0.2) is 30.6 Å². The average Bonchev–Trinajstić information content (AvgIpc) is 3.18. The number of hydrogen-bond donors (Lipinski definition) is 1. The van der Waals surface area contributed by atoms with Gasteiger partial charge in [0.1, 0.15) is 10.8 Å². The van der Waals surface area contributed by atoms with Crippen molar-refractivity contribution < 1.29 is 18.7 Å². The number of carbonyl (C=O) groups is 1. The predicted octanol–water partition coefficient (Wildman–Crippen LogP) is 4.08. The van der Waals surface area contributed by atoms with E-state index >= 15 is 0 Å². The molecule has 5 nitrogen and oxygen atoms in total. The topological polar surface area (TPSA) is 60.5 Å². The van der Waals surface area contributed by atoms with Crippen molar-refractivity contribution in [1.29, 1.82) is 0 Å². The predicted molar refractivity (Wildman–Crippen MR) is 107 cm³/mol. The zero-order valence-electron chi connectivity index (χ0n) is 15.6. The third-order valence-electron chi connectivity index (χ3n) is 4.08. The van der Waals surface area contributed by atoms with Gasteiger partial charge >= 0.3 is 0 Å². The molecule has 0 saturated heterocycles. The molecule has 3 rings (SSSR count). The van der Waals surface area contributed by atoms with Crippen molar-refractivity contribution in [2.24, 2.45) is 0 Å². The molecule has 0 aliphatic carbocycles. The van der Waals surface area contributed by atoms with Crippen LogP contribution < -0.4 is 14.8 Å². The molecule has 0 aliphatic rings. The second-order valence-corrected chi connectivity index (χ2v) is 6.96. The third kappa shape index (κ3) is 5.07. The number of thiazole rings is 1. The third-order valence-corrected chi connectivity index (χ3v) is 5.02. The first-order valence-corrected chi connectivity index (χ1v) is 9.72. The lowest BCUT2D eigenvalue weighted by molar-refractivity contribution is -0.127. The summed E-state index contributed by atoms with van der Waals surface area (Å²) < 4.78 is 24.1. The fourth-order valence-electron chi connectivity index (χ4n) is 2.53. The molecule has 0 fully saturated rings. The fourth-order valence-corrected chi connectivity index (χ4v) is 3.39. The number of methoxy groups -OCH3 is 1. The first kappa shape index (κ1) is 19.8. The van der Waals surface area contributed by atoms with Gasteiger partial charge in [0.05, 0.1) is 12.8 Å². The number of benzene rings is 2. The summed E-state index contributed by atoms with van der Waals surface area (Å²) >= 11 is 1.55. The molecule has 0 saturated carbocycles. The number of nitrogens with zero attached hydrogens (tertiary/aromatic N) is 1. The molecule has 1 heterocycles. The molecule has 1 atom stereocenters. The summed E-state index contributed by atoms with van der Waals surface area (Å²) in [7, 11) is 1.63. The van der Waals surface area contributed by atoms with Crippen LogP contribution in [0, 0.1) is 5.82 Å². The van der Waals surface area contributed by atoms with Gasteiger partial charge < -0.3 is 14.8 Å². The lowest BCUT2D eigenvalue weighted by Gasteiger charge is -2.14. The fraction of sp³-hybridized carbons (Fsp3) is 0.238. The Bertz CT molecular complexity index is 927. The minimum absolute atomic E-state index is 0.0637. The Morgan fingerprint density at radius 2 is 1.96 bits per heavy atom. The summed E-state index contributed by atoms with van der Waals surface area (Å²) in [4.78, 5) is 16.8. The molecule has 0 spiro atoms. The van der Waals surface area contributed by atoms with E-state index in [1.54, 1.807) is 37.5 Å². The zero-order valence-corrected chi connectivity index (χ0v) is 16.5. The van der Waals surface area contributed by atoms with Crippen LogP contribution >= 0.6 is 11.3 Å². The second-order valence-electron chi connectivity index (χ2n) is 6.10. The highest BCUT2D eigenvalue weighted by Gasteiger charge is 2.16. The molecular formula is C21H21FN2O3S. The van der Waals surface area contributed by atoms with Gasteiger partial charge in [0.25, 0.3) is 5.91 Å². The standard InChI is InChI=1S/C21H21FN2O3S/c1-14(27-19-6-4-3-5-18(19)22)20(25)23-12-11-16-13-28-21(24-16)15-7-9-17(26-2)10-8-15/h3-10,13-14H,11-12H2,1-2H3,(H,23,25)/t14-/m1/s1. The Morgan fingerprint density at radius 1 is 1.21 bits per heavy atom. The van der Waals surface area contributed by atoms with Crippen LogP contribution in [0.3, 0.4) is 0 Å². The number of hydrogen-bond acceptors (Lipinski definition) is 5. The molecule has 2 aromatic carbocycles. The van der Waals surface area contributed by atoms with E-state index in [0.717, 1.165) is 22.0 Å². The largest absolute Gasteiger partial charge is 0.497 e. The Balaban J connectivity index is 1.48. The maximum Gasteiger partial charge on any atom is 0.260 e. The molecule has 146 valence electrons. The van der Waals surface area contributed by atoms with Crippen molar-refractivity contribution in [2.45, 2.75) is 19.4 Å². The van der Waals surface area contributed by atoms with Gasteiger partial charge in [-0.2, -0.15) is 0 Å². The van der Waals surface area contributed by atoms with Gasteiger partial charge in [0.15, 0.2) is 17.7 Å². The molecule has 28 heavy (non-hydrogen) atoms. The monoisotopic (exact) mass is 400 g/mol. The quantitative estimate of drug-likeness (QED) is 0.619. The summed E-state index contributed by atoms with van der Waals surface area (Å²) in [6, 6.07) is 13.7. The van der Waals surface area contributed by atoms with E-state index in [1.165, 1.54) is 12.1 Å². The van der Waals surface area contributed by atoms with Crippen LogP contribution in [0.4, 0.5) is 4.39 Å². The van der Waals surface area contributed by atoms with E-state index in [4.69, 9.17) is 9.47 Å². The van der Waals surface area contributed by atoms with Crippen molar-refractivity contribution in [3.63, 3.8) is 0 Å². The molecule has 0 radical (unpaired) electrons. The molecule has 0 bridgehead atoms. The van der Waals surface area contributed by atoms with Crippen LogP contribution in [0.15, 0.2) is 53.9 Å². The number of halogens is 1. The van der Waals surface area contributed by atoms with E-state index in [9.17, 15) is 9.18 Å². The highest BCUT2D eigenvalue weighted by atomic mass is 32.1. The lowest BCUT2D eigenvalue weighted by atomic mass is 10.2. The summed E-state index contributed by atoms with van der Waals surface area (Å²) in [6.45, 7) is 2.02. The minimum atomic E-state index is -0.790. The summed E-state index contributed by atoms with van der Waals surface area (Å²) in [6.07, 6.45) is -0.188. The first-order chi connectivity index (χ1) is 13.6. The highest BCUT2D eigenvalue weighted by Crippen LogP contribution is 2.25. The smallest absolute Gasteiger partial charge is 0.260 e. The molecule has 7 heteroatoms. The molecule has 1 aromatic heterocycles. The lowest BCUT2D eigenvalue weighted by Crippen LogP contribution is -2.37. The molecule has 0 aliphatic heterocycles. The average molecular weight is 400 g/mol. The van der Waals surface area contributed by atoms with Crippen molar-refractivity contribution in [3.05, 3.63) is 65.4 Å². The van der Waals surface area contributed by atoms with Crippen LogP contribution in [0.2, 0.25) is 0 Å². The number of carbonyl (C=O) groups excluding carboxylic acids is 1. The molecule has 1 N–H and O–H groups in total. The maximum atomic E-state index is 13.6. The summed E-state index contributed by atoms with van der Waals surface area (Å²) in [5.74, 6) is 0.0771. The number of rotatable bonds is 8. The van der Waals surface area contributed by atoms with Crippen LogP contribution in [-0.2, 0) is 11.2 Å². The van der Waals surface area contributed by atoms with Gasteiger partial charge in [-0.25, -0.2) is 9.37 Å². The van der Waals surface area contributed by atoms with Crippen molar-refractivity contribution in [3.8, 4) is 22.1 Å². The number of nitrogens with one attached hydrogen (secondary N) is 1. The van der Waals surface area contributed by atoms with Gasteiger partial charge in [0.2, 0.25) is 0 Å². The highest BCUT2D eigenvalue weighted by molar-refractivity contribution is 7.13. The second kappa shape index (κ2) is 9.32. The summed E-state index contributed by atoms with van der Waals surface area (Å²) in [5.41, 5.74) is 1.92. The Kier molecular flexibility index (Phi) is 6.60. The van der Waals surface area contributed by atoms with Crippen LogP contribution in [0.1, 0.15) is 12.6 Å². The van der Waals surface area contributed by atoms with E-state index in [1.807, 2.05) is 29.6 Å². The number of amides is 1. The summed E-state index contributed by atoms with van der Waals surface area (Å²) in [5, 5.41) is 5.69. The van der Waals surface area contributed by atoms with Crippen LogP contribution in [0.5, 0.6) is 11.5 Å². The SMILES string of the molecule is COc1ccc(-c2nc(CCNC(=O)[C@@H](C)Oc3ccccc3F)cs2)cc1. The van der Waals surface area contributed by atoms with E-state index in [0.29, 0.717) is 13.0 Å². The van der Waals surface area contributed by atoms with Gasteiger partial charge in [-0.3, -0.25) is 4.79 Å². The number of para-hydroxylation sites is 1. The minimum Gasteiger partial charge on any atom is -0.497 e.